The molecule has 0 N–H and O–H groups in total. The van der Waals surface area contributed by atoms with Gasteiger partial charge in [0.2, 0.25) is 0 Å². The van der Waals surface area contributed by atoms with Gasteiger partial charge in [-0.1, -0.05) is 46.0 Å². The number of unbranched alkanes of at least 4 members (excludes halogenated alkanes) is 4. The maximum atomic E-state index is 12.5. The standard InChI is InChI=1S/C24H35NO3/c1-3-5-6-7-8-15-24(19-25)16-13-20(14-17-24)23(26)28-22-11-9-21(10-12-22)27-18-4-2/h9-12,20H,3-8,13-18H2,1-2H3/t20-,24-. The molecule has 2 rings (SSSR count). The average molecular weight is 386 g/mol. The van der Waals surface area contributed by atoms with E-state index in [1.165, 1.54) is 25.7 Å². The predicted octanol–water partition coefficient (Wildman–Crippen LogP) is 6.44. The highest BCUT2D eigenvalue weighted by Crippen LogP contribution is 2.42. The fraction of sp³-hybridized carbons (Fsp3) is 0.667. The predicted molar refractivity (Wildman–Crippen MR) is 111 cm³/mol. The van der Waals surface area contributed by atoms with Crippen molar-refractivity contribution in [2.45, 2.75) is 84.5 Å². The minimum atomic E-state index is -0.235. The van der Waals surface area contributed by atoms with Crippen molar-refractivity contribution in [1.82, 2.24) is 0 Å². The maximum absolute atomic E-state index is 12.5. The van der Waals surface area contributed by atoms with Crippen molar-refractivity contribution >= 4 is 5.97 Å². The quantitative estimate of drug-likeness (QED) is 0.250. The first-order chi connectivity index (χ1) is 13.6. The van der Waals surface area contributed by atoms with E-state index in [9.17, 15) is 10.1 Å². The highest BCUT2D eigenvalue weighted by Gasteiger charge is 2.37. The molecule has 28 heavy (non-hydrogen) atoms. The first-order valence-electron chi connectivity index (χ1n) is 11.0. The Bertz CT molecular complexity index is 624. The molecule has 1 fully saturated rings. The lowest BCUT2D eigenvalue weighted by atomic mass is 9.69. The van der Waals surface area contributed by atoms with Crippen molar-refractivity contribution in [3.8, 4) is 17.6 Å². The molecule has 0 atom stereocenters. The summed E-state index contributed by atoms with van der Waals surface area (Å²) < 4.78 is 11.1. The number of nitrogens with zero attached hydrogens (tertiary/aromatic N) is 1. The van der Waals surface area contributed by atoms with Crippen molar-refractivity contribution in [2.24, 2.45) is 11.3 Å². The first kappa shape index (κ1) is 22.3. The molecule has 0 unspecified atom stereocenters. The van der Waals surface area contributed by atoms with Crippen molar-refractivity contribution in [2.75, 3.05) is 6.61 Å². The maximum Gasteiger partial charge on any atom is 0.314 e. The second kappa shape index (κ2) is 11.7. The minimum absolute atomic E-state index is 0.0995. The van der Waals surface area contributed by atoms with Gasteiger partial charge in [-0.05, 0) is 62.8 Å². The number of carbonyl (C=O) groups is 1. The van der Waals surface area contributed by atoms with E-state index in [1.807, 2.05) is 12.1 Å². The van der Waals surface area contributed by atoms with Gasteiger partial charge in [0.25, 0.3) is 0 Å². The highest BCUT2D eigenvalue weighted by atomic mass is 16.5. The third-order valence-corrected chi connectivity index (χ3v) is 5.79. The largest absolute Gasteiger partial charge is 0.494 e. The molecule has 4 heteroatoms. The van der Waals surface area contributed by atoms with Gasteiger partial charge in [0.15, 0.2) is 0 Å². The Balaban J connectivity index is 1.78. The van der Waals surface area contributed by atoms with Crippen LogP contribution in [0.1, 0.15) is 84.5 Å². The van der Waals surface area contributed by atoms with Gasteiger partial charge in [-0.2, -0.15) is 5.26 Å². The van der Waals surface area contributed by atoms with Crippen LogP contribution in [0.5, 0.6) is 11.5 Å². The van der Waals surface area contributed by atoms with Gasteiger partial charge in [0.1, 0.15) is 11.5 Å². The van der Waals surface area contributed by atoms with Gasteiger partial charge in [-0.25, -0.2) is 0 Å². The molecule has 0 aliphatic heterocycles. The fourth-order valence-corrected chi connectivity index (χ4v) is 3.91. The van der Waals surface area contributed by atoms with E-state index in [-0.39, 0.29) is 17.3 Å². The summed E-state index contributed by atoms with van der Waals surface area (Å²) in [5.41, 5.74) is -0.235. The lowest BCUT2D eigenvalue weighted by molar-refractivity contribution is -0.140. The average Bonchev–Trinajstić information content (AvgIpc) is 2.73. The van der Waals surface area contributed by atoms with Gasteiger partial charge in [0, 0.05) is 0 Å². The summed E-state index contributed by atoms with van der Waals surface area (Å²) in [5, 5.41) is 9.71. The van der Waals surface area contributed by atoms with E-state index >= 15 is 0 Å². The molecular weight excluding hydrogens is 350 g/mol. The third kappa shape index (κ3) is 6.86. The molecule has 1 aromatic carbocycles. The highest BCUT2D eigenvalue weighted by molar-refractivity contribution is 5.75. The number of nitriles is 1. The van der Waals surface area contributed by atoms with Crippen LogP contribution in [0.3, 0.4) is 0 Å². The number of hydrogen-bond acceptors (Lipinski definition) is 4. The summed E-state index contributed by atoms with van der Waals surface area (Å²) in [7, 11) is 0. The number of esters is 1. The molecule has 0 aromatic heterocycles. The number of ether oxygens (including phenoxy) is 2. The number of benzene rings is 1. The van der Waals surface area contributed by atoms with Crippen molar-refractivity contribution < 1.29 is 14.3 Å². The van der Waals surface area contributed by atoms with E-state index in [1.54, 1.807) is 12.1 Å². The molecule has 1 saturated carbocycles. The lowest BCUT2D eigenvalue weighted by Gasteiger charge is -2.34. The monoisotopic (exact) mass is 385 g/mol. The Labute approximate surface area is 170 Å². The van der Waals surface area contributed by atoms with Gasteiger partial charge in [-0.15, -0.1) is 0 Å². The van der Waals surface area contributed by atoms with Crippen molar-refractivity contribution in [1.29, 1.82) is 5.26 Å². The first-order valence-corrected chi connectivity index (χ1v) is 11.0. The molecule has 0 radical (unpaired) electrons. The normalized spacial score (nSPS) is 21.7. The molecule has 0 spiro atoms. The number of hydrogen-bond donors (Lipinski definition) is 0. The summed E-state index contributed by atoms with van der Waals surface area (Å²) in [4.78, 5) is 12.5. The molecule has 1 aromatic rings. The minimum Gasteiger partial charge on any atom is -0.494 e. The molecule has 0 amide bonds. The van der Waals surface area contributed by atoms with E-state index < -0.39 is 0 Å². The zero-order chi connectivity index (χ0) is 20.2. The summed E-state index contributed by atoms with van der Waals surface area (Å²) in [6.45, 7) is 4.96. The lowest BCUT2D eigenvalue weighted by Crippen LogP contribution is -2.31. The van der Waals surface area contributed by atoms with E-state index in [0.717, 1.165) is 50.7 Å². The van der Waals surface area contributed by atoms with E-state index in [4.69, 9.17) is 9.47 Å². The van der Waals surface area contributed by atoms with Crippen LogP contribution in [0.4, 0.5) is 0 Å². The van der Waals surface area contributed by atoms with Gasteiger partial charge in [-0.3, -0.25) is 4.79 Å². The topological polar surface area (TPSA) is 59.3 Å². The SMILES string of the molecule is CCCCCCC[C@]1(C#N)CC[C@H](C(=O)Oc2ccc(OCCC)cc2)CC1. The Hall–Kier alpha value is -2.02. The van der Waals surface area contributed by atoms with Crippen molar-refractivity contribution in [3.63, 3.8) is 0 Å². The van der Waals surface area contributed by atoms with E-state index in [2.05, 4.69) is 19.9 Å². The number of rotatable bonds is 11. The smallest absolute Gasteiger partial charge is 0.314 e. The third-order valence-electron chi connectivity index (χ3n) is 5.79. The molecule has 0 saturated heterocycles. The van der Waals surface area contributed by atoms with Crippen LogP contribution in [-0.4, -0.2) is 12.6 Å². The molecule has 1 aliphatic rings. The Morgan fingerprint density at radius 3 is 2.29 bits per heavy atom. The fourth-order valence-electron chi connectivity index (χ4n) is 3.91. The zero-order valence-corrected chi connectivity index (χ0v) is 17.5. The Kier molecular flexibility index (Phi) is 9.34. The summed E-state index contributed by atoms with van der Waals surface area (Å²) >= 11 is 0. The zero-order valence-electron chi connectivity index (χ0n) is 17.5. The van der Waals surface area contributed by atoms with E-state index in [0.29, 0.717) is 12.4 Å². The number of carbonyl (C=O) groups excluding carboxylic acids is 1. The van der Waals surface area contributed by atoms with Gasteiger partial charge in [0.05, 0.1) is 24.0 Å². The molecule has 1 aliphatic carbocycles. The molecule has 0 heterocycles. The van der Waals surface area contributed by atoms with Gasteiger partial charge < -0.3 is 9.47 Å². The van der Waals surface area contributed by atoms with Crippen LogP contribution in [0.25, 0.3) is 0 Å². The van der Waals surface area contributed by atoms with Crippen LogP contribution in [0.2, 0.25) is 0 Å². The van der Waals surface area contributed by atoms with Crippen LogP contribution in [0.15, 0.2) is 24.3 Å². The summed E-state index contributed by atoms with van der Waals surface area (Å²) in [6, 6.07) is 9.80. The van der Waals surface area contributed by atoms with Gasteiger partial charge >= 0.3 is 5.97 Å². The van der Waals surface area contributed by atoms with Crippen LogP contribution in [0, 0.1) is 22.7 Å². The summed E-state index contributed by atoms with van der Waals surface area (Å²) in [6.07, 6.45) is 11.1. The van der Waals surface area contributed by atoms with Crippen LogP contribution >= 0.6 is 0 Å². The molecular formula is C24H35NO3. The van der Waals surface area contributed by atoms with Crippen LogP contribution < -0.4 is 9.47 Å². The Morgan fingerprint density at radius 1 is 1.04 bits per heavy atom. The molecule has 0 bridgehead atoms. The van der Waals surface area contributed by atoms with Crippen LogP contribution in [-0.2, 0) is 4.79 Å². The second-order valence-electron chi connectivity index (χ2n) is 8.07. The molecule has 154 valence electrons. The second-order valence-corrected chi connectivity index (χ2v) is 8.07. The summed E-state index contributed by atoms with van der Waals surface area (Å²) in [5.74, 6) is 1.08. The Morgan fingerprint density at radius 2 is 1.68 bits per heavy atom. The molecule has 4 nitrogen and oxygen atoms in total. The van der Waals surface area contributed by atoms with Crippen molar-refractivity contribution in [3.05, 3.63) is 24.3 Å².